The molecule has 0 bridgehead atoms. The number of aromatic hydroxyl groups is 2. The van der Waals surface area contributed by atoms with Crippen LogP contribution in [0, 0.1) is 24.0 Å². The molecule has 0 heterocycles. The van der Waals surface area contributed by atoms with Gasteiger partial charge in [0.05, 0.1) is 4.92 Å². The van der Waals surface area contributed by atoms with Gasteiger partial charge in [0, 0.05) is 6.07 Å². The first-order chi connectivity index (χ1) is 11.7. The zero-order chi connectivity index (χ0) is 19.8. The second kappa shape index (κ2) is 13.8. The Kier molecular flexibility index (Phi) is 13.0. The summed E-state index contributed by atoms with van der Waals surface area (Å²) in [6, 6.07) is 11.3. The maximum Gasteiger partial charge on any atom is 0.373 e. The van der Waals surface area contributed by atoms with Gasteiger partial charge in [-0.1, -0.05) is 23.8 Å². The number of nitro benzene ring substituents is 1. The smallest absolute Gasteiger partial charge is 0.373 e. The van der Waals surface area contributed by atoms with Crippen LogP contribution in [0.3, 0.4) is 0 Å². The number of hydrogen-bond donors (Lipinski definition) is 2. The van der Waals surface area contributed by atoms with E-state index in [9.17, 15) is 10.1 Å². The largest absolute Gasteiger partial charge is 0.508 e. The van der Waals surface area contributed by atoms with Gasteiger partial charge in [0.2, 0.25) is 0 Å². The molecule has 2 aromatic carbocycles. The van der Waals surface area contributed by atoms with Crippen molar-refractivity contribution in [2.24, 2.45) is 0 Å². The second-order valence-corrected chi connectivity index (χ2v) is 4.25. The third kappa shape index (κ3) is 12.4. The molecule has 0 atom stereocenters. The quantitative estimate of drug-likeness (QED) is 0.586. The van der Waals surface area contributed by atoms with Crippen molar-refractivity contribution < 1.29 is 34.3 Å². The average molecular weight is 349 g/mol. The standard InChI is InChI=1S/C7H7NO3.C7H8O.2CO2/c1-5-2-3-7(9)6(4-5)8(10)11;1-6-2-4-7(8)5-3-6;2*2-1-3/h2-4,9H,1H3;2-5,8H,1H3;;. The van der Waals surface area contributed by atoms with Crippen LogP contribution in [0.1, 0.15) is 11.1 Å². The van der Waals surface area contributed by atoms with E-state index < -0.39 is 4.92 Å². The van der Waals surface area contributed by atoms with Crippen molar-refractivity contribution in [2.75, 3.05) is 0 Å². The molecule has 0 saturated carbocycles. The van der Waals surface area contributed by atoms with Crippen LogP contribution < -0.4 is 0 Å². The van der Waals surface area contributed by atoms with Gasteiger partial charge in [-0.05, 0) is 37.6 Å². The zero-order valence-corrected chi connectivity index (χ0v) is 13.3. The minimum Gasteiger partial charge on any atom is -0.508 e. The molecule has 2 aromatic rings. The molecule has 132 valence electrons. The Morgan fingerprint density at radius 3 is 1.56 bits per heavy atom. The van der Waals surface area contributed by atoms with Crippen LogP contribution >= 0.6 is 0 Å². The van der Waals surface area contributed by atoms with E-state index in [-0.39, 0.29) is 23.7 Å². The summed E-state index contributed by atoms with van der Waals surface area (Å²) < 4.78 is 0. The van der Waals surface area contributed by atoms with E-state index >= 15 is 0 Å². The molecule has 0 fully saturated rings. The third-order valence-corrected chi connectivity index (χ3v) is 2.36. The van der Waals surface area contributed by atoms with Crippen LogP contribution in [0.4, 0.5) is 5.69 Å². The lowest BCUT2D eigenvalue weighted by atomic mass is 10.2. The fourth-order valence-corrected chi connectivity index (χ4v) is 1.32. The van der Waals surface area contributed by atoms with Crippen molar-refractivity contribution >= 4 is 18.0 Å². The molecule has 9 heteroatoms. The number of nitro groups is 1. The number of hydrogen-bond acceptors (Lipinski definition) is 8. The Balaban J connectivity index is 0. The van der Waals surface area contributed by atoms with E-state index in [0.717, 1.165) is 5.56 Å². The van der Waals surface area contributed by atoms with Crippen LogP contribution in [0.25, 0.3) is 0 Å². The van der Waals surface area contributed by atoms with E-state index in [0.29, 0.717) is 5.75 Å². The zero-order valence-electron chi connectivity index (χ0n) is 13.3. The van der Waals surface area contributed by atoms with Crippen molar-refractivity contribution in [3.63, 3.8) is 0 Å². The predicted molar refractivity (Wildman–Crippen MR) is 82.4 cm³/mol. The van der Waals surface area contributed by atoms with E-state index in [1.54, 1.807) is 25.1 Å². The predicted octanol–water partition coefficient (Wildman–Crippen LogP) is 2.14. The molecule has 0 aliphatic rings. The van der Waals surface area contributed by atoms with E-state index in [4.69, 9.17) is 29.4 Å². The van der Waals surface area contributed by atoms with Gasteiger partial charge in [-0.15, -0.1) is 0 Å². The molecule has 0 radical (unpaired) electrons. The number of rotatable bonds is 1. The fraction of sp³-hybridized carbons (Fsp3) is 0.125. The Bertz CT molecular complexity index is 695. The number of aryl methyl sites for hydroxylation is 2. The summed E-state index contributed by atoms with van der Waals surface area (Å²) in [6.45, 7) is 3.71. The summed E-state index contributed by atoms with van der Waals surface area (Å²) in [7, 11) is 0. The first-order valence-corrected chi connectivity index (χ1v) is 6.41. The Hall–Kier alpha value is -3.80. The minimum absolute atomic E-state index is 0.245. The van der Waals surface area contributed by atoms with Crippen LogP contribution in [0.5, 0.6) is 11.5 Å². The number of carbonyl (C=O) groups excluding carboxylic acids is 4. The van der Waals surface area contributed by atoms with Gasteiger partial charge in [-0.25, -0.2) is 0 Å². The number of phenols is 2. The molecule has 0 aliphatic carbocycles. The first kappa shape index (κ1) is 23.5. The summed E-state index contributed by atoms with van der Waals surface area (Å²) in [4.78, 5) is 42.1. The van der Waals surface area contributed by atoms with Crippen LogP contribution in [0.15, 0.2) is 42.5 Å². The lowest BCUT2D eigenvalue weighted by Crippen LogP contribution is -1.88. The Morgan fingerprint density at radius 1 is 0.840 bits per heavy atom. The third-order valence-electron chi connectivity index (χ3n) is 2.36. The molecule has 2 N–H and O–H groups in total. The molecule has 0 saturated heterocycles. The van der Waals surface area contributed by atoms with Gasteiger partial charge in [0.1, 0.15) is 5.75 Å². The molecular weight excluding hydrogens is 334 g/mol. The molecule has 0 unspecified atom stereocenters. The van der Waals surface area contributed by atoms with Gasteiger partial charge in [-0.3, -0.25) is 10.1 Å². The molecule has 0 amide bonds. The van der Waals surface area contributed by atoms with Crippen LogP contribution in [-0.2, 0) is 19.2 Å². The molecule has 9 nitrogen and oxygen atoms in total. The summed E-state index contributed by atoms with van der Waals surface area (Å²) in [5.74, 6) is 0.0381. The summed E-state index contributed by atoms with van der Waals surface area (Å²) >= 11 is 0. The second-order valence-electron chi connectivity index (χ2n) is 4.25. The lowest BCUT2D eigenvalue weighted by molar-refractivity contribution is -0.385. The molecular formula is C16H15NO8. The molecule has 0 aromatic heterocycles. The molecule has 0 spiro atoms. The summed E-state index contributed by atoms with van der Waals surface area (Å²) in [5.41, 5.74) is 1.68. The lowest BCUT2D eigenvalue weighted by Gasteiger charge is -1.95. The number of phenolic OH excluding ortho intramolecular Hbond substituents is 2. The monoisotopic (exact) mass is 349 g/mol. The highest BCUT2D eigenvalue weighted by atomic mass is 16.6. The summed E-state index contributed by atoms with van der Waals surface area (Å²) in [5, 5.41) is 27.9. The highest BCUT2D eigenvalue weighted by Crippen LogP contribution is 2.25. The van der Waals surface area contributed by atoms with E-state index in [1.165, 1.54) is 17.7 Å². The topological polar surface area (TPSA) is 152 Å². The minimum atomic E-state index is -0.609. The summed E-state index contributed by atoms with van der Waals surface area (Å²) in [6.07, 6.45) is 0.500. The normalized spacial score (nSPS) is 7.76. The average Bonchev–Trinajstić information content (AvgIpc) is 2.54. The van der Waals surface area contributed by atoms with Gasteiger partial charge in [-0.2, -0.15) is 19.2 Å². The number of benzene rings is 2. The number of nitrogens with zero attached hydrogens (tertiary/aromatic N) is 1. The van der Waals surface area contributed by atoms with Crippen molar-refractivity contribution in [3.05, 3.63) is 63.7 Å². The van der Waals surface area contributed by atoms with Crippen LogP contribution in [-0.4, -0.2) is 27.4 Å². The molecule has 0 aliphatic heterocycles. The van der Waals surface area contributed by atoms with Crippen LogP contribution in [0.2, 0.25) is 0 Å². The van der Waals surface area contributed by atoms with Crippen molar-refractivity contribution in [1.29, 1.82) is 0 Å². The maximum atomic E-state index is 10.2. The molecule has 2 rings (SSSR count). The Morgan fingerprint density at radius 2 is 1.24 bits per heavy atom. The van der Waals surface area contributed by atoms with E-state index in [1.807, 2.05) is 19.1 Å². The van der Waals surface area contributed by atoms with Gasteiger partial charge in [0.25, 0.3) is 0 Å². The SMILES string of the molecule is Cc1ccc(O)c([N+](=O)[O-])c1.Cc1ccc(O)cc1.O=C=O.O=C=O. The highest BCUT2D eigenvalue weighted by Gasteiger charge is 2.11. The van der Waals surface area contributed by atoms with Gasteiger partial charge >= 0.3 is 18.0 Å². The van der Waals surface area contributed by atoms with Crippen molar-refractivity contribution in [2.45, 2.75) is 13.8 Å². The first-order valence-electron chi connectivity index (χ1n) is 6.41. The van der Waals surface area contributed by atoms with Crippen molar-refractivity contribution in [1.82, 2.24) is 0 Å². The Labute approximate surface area is 142 Å². The highest BCUT2D eigenvalue weighted by molar-refractivity contribution is 5.47. The van der Waals surface area contributed by atoms with Crippen molar-refractivity contribution in [3.8, 4) is 11.5 Å². The maximum absolute atomic E-state index is 10.2. The molecule has 25 heavy (non-hydrogen) atoms. The van der Waals surface area contributed by atoms with Gasteiger partial charge in [0.15, 0.2) is 5.75 Å². The fourth-order valence-electron chi connectivity index (χ4n) is 1.32. The van der Waals surface area contributed by atoms with Gasteiger partial charge < -0.3 is 10.2 Å². The van der Waals surface area contributed by atoms with E-state index in [2.05, 4.69) is 0 Å².